The molecule has 3 aliphatic carbocycles. The second kappa shape index (κ2) is 11.1. The molecule has 0 amide bonds. The summed E-state index contributed by atoms with van der Waals surface area (Å²) in [7, 11) is 0. The molecule has 3 heterocycles. The monoisotopic (exact) mass is 749 g/mol. The van der Waals surface area contributed by atoms with Gasteiger partial charge in [0.2, 0.25) is 0 Å². The summed E-state index contributed by atoms with van der Waals surface area (Å²) in [6.45, 7) is 0. The molecule has 56 heavy (non-hydrogen) atoms. The number of furan rings is 1. The Balaban J connectivity index is 1.18. The lowest BCUT2D eigenvalue weighted by Gasteiger charge is -2.45. The summed E-state index contributed by atoms with van der Waals surface area (Å²) in [5.74, 6) is 0. The van der Waals surface area contributed by atoms with Gasteiger partial charge in [0.25, 0.3) is 0 Å². The molecule has 0 N–H and O–H groups in total. The van der Waals surface area contributed by atoms with E-state index in [4.69, 9.17) is 4.42 Å². The third-order valence-electron chi connectivity index (χ3n) is 12.6. The molecule has 0 unspecified atom stereocenters. The Labute approximate surface area is 332 Å². The van der Waals surface area contributed by atoms with Crippen molar-refractivity contribution in [3.63, 3.8) is 0 Å². The summed E-state index contributed by atoms with van der Waals surface area (Å²) in [5, 5.41) is 5.78. The summed E-state index contributed by atoms with van der Waals surface area (Å²) in [6.07, 6.45) is 0. The predicted octanol–water partition coefficient (Wildman–Crippen LogP) is 14.2. The van der Waals surface area contributed by atoms with Gasteiger partial charge in [-0.25, -0.2) is 0 Å². The van der Waals surface area contributed by atoms with Gasteiger partial charge in [-0.3, -0.25) is 0 Å². The Hall–Kier alpha value is -6.46. The quantitative estimate of drug-likeness (QED) is 0.179. The Kier molecular flexibility index (Phi) is 6.09. The van der Waals surface area contributed by atoms with Crippen molar-refractivity contribution in [2.24, 2.45) is 0 Å². The fraction of sp³-hybridized carbons (Fsp3) is 0.0385. The molecule has 10 aromatic rings. The molecule has 2 nitrogen and oxygen atoms in total. The Morgan fingerprint density at radius 2 is 0.929 bits per heavy atom. The first kappa shape index (κ1) is 30.8. The summed E-state index contributed by atoms with van der Waals surface area (Å²) in [5.41, 5.74) is 16.6. The smallest absolute Gasteiger partial charge is 0.135 e. The summed E-state index contributed by atoms with van der Waals surface area (Å²) < 4.78 is 6.34. The normalized spacial score (nSPS) is 14.7. The summed E-state index contributed by atoms with van der Waals surface area (Å²) in [4.78, 5) is 5.27. The lowest BCUT2D eigenvalue weighted by Crippen LogP contribution is -2.41. The van der Waals surface area contributed by atoms with E-state index in [1.807, 2.05) is 28.7 Å². The van der Waals surface area contributed by atoms with Crippen molar-refractivity contribution in [1.82, 2.24) is 0 Å². The highest BCUT2D eigenvalue weighted by Gasteiger charge is 2.61. The summed E-state index contributed by atoms with van der Waals surface area (Å²) in [6, 6.07) is 67.5. The maximum Gasteiger partial charge on any atom is 0.135 e. The van der Waals surface area contributed by atoms with Crippen LogP contribution in [0.3, 0.4) is 0 Å². The first-order chi connectivity index (χ1) is 27.8. The molecule has 7 aromatic carbocycles. The molecule has 0 aliphatic heterocycles. The second-order valence-electron chi connectivity index (χ2n) is 15.1. The Bertz CT molecular complexity index is 3010. The fourth-order valence-electron chi connectivity index (χ4n) is 10.6. The molecule has 13 rings (SSSR count). The molecule has 262 valence electrons. The largest absolute Gasteiger partial charge is 0.456 e. The SMILES string of the molecule is c1ccc(N(c2ccc3oc4ccccc4c3c2)c2cc3c(s2)C2(c4ccccc4-c4ccccc42)c2ccsc2C32c3ccccc3-c3ccccc32)cc1. The highest BCUT2D eigenvalue weighted by Crippen LogP contribution is 2.70. The Morgan fingerprint density at radius 3 is 1.57 bits per heavy atom. The predicted molar refractivity (Wildman–Crippen MR) is 232 cm³/mol. The van der Waals surface area contributed by atoms with Crippen LogP contribution in [-0.4, -0.2) is 0 Å². The van der Waals surface area contributed by atoms with Gasteiger partial charge in [-0.1, -0.05) is 133 Å². The van der Waals surface area contributed by atoms with Crippen LogP contribution >= 0.6 is 22.7 Å². The van der Waals surface area contributed by atoms with E-state index in [2.05, 4.69) is 186 Å². The van der Waals surface area contributed by atoms with Gasteiger partial charge in [-0.2, -0.15) is 0 Å². The van der Waals surface area contributed by atoms with Crippen molar-refractivity contribution in [3.05, 3.63) is 231 Å². The van der Waals surface area contributed by atoms with Gasteiger partial charge in [0.1, 0.15) is 16.2 Å². The molecule has 0 saturated heterocycles. The minimum absolute atomic E-state index is 0.481. The van der Waals surface area contributed by atoms with Crippen LogP contribution in [0.1, 0.15) is 43.1 Å². The first-order valence-corrected chi connectivity index (χ1v) is 20.9. The molecule has 0 atom stereocenters. The van der Waals surface area contributed by atoms with Crippen LogP contribution in [0.15, 0.2) is 192 Å². The van der Waals surface area contributed by atoms with Crippen LogP contribution < -0.4 is 4.90 Å². The van der Waals surface area contributed by atoms with Gasteiger partial charge in [-0.15, -0.1) is 22.7 Å². The van der Waals surface area contributed by atoms with Crippen LogP contribution in [0.4, 0.5) is 16.4 Å². The van der Waals surface area contributed by atoms with E-state index in [-0.39, 0.29) is 0 Å². The van der Waals surface area contributed by atoms with Crippen LogP contribution in [0.2, 0.25) is 0 Å². The second-order valence-corrected chi connectivity index (χ2v) is 17.1. The van der Waals surface area contributed by atoms with Crippen molar-refractivity contribution in [2.75, 3.05) is 4.90 Å². The highest BCUT2D eigenvalue weighted by atomic mass is 32.1. The number of benzene rings is 7. The third kappa shape index (κ3) is 3.67. The zero-order valence-corrected chi connectivity index (χ0v) is 31.7. The number of thiophene rings is 2. The molecule has 0 bridgehead atoms. The fourth-order valence-corrected chi connectivity index (χ4v) is 13.2. The zero-order chi connectivity index (χ0) is 36.6. The number of rotatable bonds is 3. The molecule has 3 aromatic heterocycles. The Morgan fingerprint density at radius 1 is 0.393 bits per heavy atom. The summed E-state index contributed by atoms with van der Waals surface area (Å²) >= 11 is 3.87. The van der Waals surface area contributed by atoms with Gasteiger partial charge < -0.3 is 9.32 Å². The van der Waals surface area contributed by atoms with E-state index in [9.17, 15) is 0 Å². The van der Waals surface area contributed by atoms with E-state index in [0.717, 1.165) is 33.3 Å². The topological polar surface area (TPSA) is 16.4 Å². The average Bonchev–Trinajstić information content (AvgIpc) is 4.09. The van der Waals surface area contributed by atoms with Crippen LogP contribution in [0.25, 0.3) is 44.2 Å². The zero-order valence-electron chi connectivity index (χ0n) is 30.1. The van der Waals surface area contributed by atoms with E-state index in [0.29, 0.717) is 0 Å². The van der Waals surface area contributed by atoms with Gasteiger partial charge in [-0.05, 0) is 110 Å². The van der Waals surface area contributed by atoms with E-state index < -0.39 is 10.8 Å². The molecule has 2 spiro atoms. The maximum absolute atomic E-state index is 6.34. The van der Waals surface area contributed by atoms with Gasteiger partial charge in [0.05, 0.1) is 10.8 Å². The van der Waals surface area contributed by atoms with Crippen molar-refractivity contribution >= 4 is 61.0 Å². The van der Waals surface area contributed by atoms with Crippen LogP contribution in [0, 0.1) is 0 Å². The van der Waals surface area contributed by atoms with Gasteiger partial charge in [0.15, 0.2) is 0 Å². The molecule has 0 radical (unpaired) electrons. The van der Waals surface area contributed by atoms with E-state index >= 15 is 0 Å². The first-order valence-electron chi connectivity index (χ1n) is 19.2. The number of anilines is 3. The molecule has 3 aliphatic rings. The highest BCUT2D eigenvalue weighted by molar-refractivity contribution is 7.17. The lowest BCUT2D eigenvalue weighted by atomic mass is 9.58. The minimum Gasteiger partial charge on any atom is -0.456 e. The number of para-hydroxylation sites is 2. The number of nitrogens with zero attached hydrogens (tertiary/aromatic N) is 1. The van der Waals surface area contributed by atoms with E-state index in [1.165, 1.54) is 70.4 Å². The number of fused-ring (bicyclic) bond motifs is 19. The third-order valence-corrected chi connectivity index (χ3v) is 14.9. The van der Waals surface area contributed by atoms with Crippen molar-refractivity contribution in [2.45, 2.75) is 10.8 Å². The molecule has 4 heteroatoms. The van der Waals surface area contributed by atoms with Crippen LogP contribution in [-0.2, 0) is 10.8 Å². The molecule has 0 saturated carbocycles. The minimum atomic E-state index is -0.481. The molecular weight excluding hydrogens is 719 g/mol. The lowest BCUT2D eigenvalue weighted by molar-refractivity contribution is 0.662. The molecular formula is C52H31NOS2. The van der Waals surface area contributed by atoms with Gasteiger partial charge >= 0.3 is 0 Å². The van der Waals surface area contributed by atoms with Crippen molar-refractivity contribution in [3.8, 4) is 22.3 Å². The van der Waals surface area contributed by atoms with Crippen molar-refractivity contribution < 1.29 is 4.42 Å². The van der Waals surface area contributed by atoms with E-state index in [1.54, 1.807) is 0 Å². The maximum atomic E-state index is 6.34. The molecule has 0 fully saturated rings. The standard InChI is InChI=1S/C52H31NOS2/c1-2-14-32(15-3-1)53(33-26-27-47-39(30-33)38-20-8-13-25-46(38)54-47)48-31-45-50(56-48)51(40-21-9-4-16-34(40)35-17-5-10-22-41(35)51)44-28-29-55-49(44)52(45)42-23-11-6-18-36(42)37-19-7-12-24-43(37)52/h1-31H. The number of hydrogen-bond acceptors (Lipinski definition) is 4. The van der Waals surface area contributed by atoms with Crippen LogP contribution in [0.5, 0.6) is 0 Å². The number of hydrogen-bond donors (Lipinski definition) is 0. The average molecular weight is 750 g/mol. The van der Waals surface area contributed by atoms with Crippen molar-refractivity contribution in [1.29, 1.82) is 0 Å². The van der Waals surface area contributed by atoms with Gasteiger partial charge in [0, 0.05) is 31.9 Å².